The molecular formula is C15H16Cl2N2O. The average Bonchev–Trinajstić information content (AvgIpc) is 2.38. The van der Waals surface area contributed by atoms with E-state index in [0.717, 1.165) is 25.1 Å². The van der Waals surface area contributed by atoms with Gasteiger partial charge in [-0.25, -0.2) is 0 Å². The standard InChI is InChI=1S/C15H16Cl2N2O/c1-2-3-18-8-11-4-15(10-19-9-11)20-14-6-12(16)5-13(17)7-14/h4-7,9-10,18H,2-3,8H2,1H3. The van der Waals surface area contributed by atoms with Crippen molar-refractivity contribution < 1.29 is 4.74 Å². The highest BCUT2D eigenvalue weighted by Crippen LogP contribution is 2.28. The molecule has 0 aliphatic carbocycles. The molecule has 0 radical (unpaired) electrons. The van der Waals surface area contributed by atoms with Crippen LogP contribution in [0.4, 0.5) is 0 Å². The minimum atomic E-state index is 0.543. The lowest BCUT2D eigenvalue weighted by Gasteiger charge is -2.08. The van der Waals surface area contributed by atoms with E-state index in [1.807, 2.05) is 12.3 Å². The Hall–Kier alpha value is -1.29. The van der Waals surface area contributed by atoms with Gasteiger partial charge in [0.2, 0.25) is 0 Å². The Labute approximate surface area is 128 Å². The van der Waals surface area contributed by atoms with Gasteiger partial charge in [0.25, 0.3) is 0 Å². The lowest BCUT2D eigenvalue weighted by molar-refractivity contribution is 0.479. The zero-order valence-corrected chi connectivity index (χ0v) is 12.7. The van der Waals surface area contributed by atoms with E-state index in [0.29, 0.717) is 21.5 Å². The number of aromatic nitrogens is 1. The van der Waals surface area contributed by atoms with Crippen molar-refractivity contribution in [1.82, 2.24) is 10.3 Å². The van der Waals surface area contributed by atoms with Crippen molar-refractivity contribution in [3.8, 4) is 11.5 Å². The van der Waals surface area contributed by atoms with E-state index in [2.05, 4.69) is 17.2 Å². The van der Waals surface area contributed by atoms with Crippen LogP contribution in [0.15, 0.2) is 36.7 Å². The fourth-order valence-corrected chi connectivity index (χ4v) is 2.26. The molecule has 106 valence electrons. The van der Waals surface area contributed by atoms with Crippen molar-refractivity contribution in [2.24, 2.45) is 0 Å². The Bertz CT molecular complexity index is 555. The molecule has 1 aromatic carbocycles. The number of ether oxygens (including phenoxy) is 1. The third-order valence-corrected chi connectivity index (χ3v) is 3.03. The minimum Gasteiger partial charge on any atom is -0.456 e. The normalized spacial score (nSPS) is 10.6. The number of nitrogens with zero attached hydrogens (tertiary/aromatic N) is 1. The molecule has 0 spiro atoms. The molecule has 5 heteroatoms. The maximum Gasteiger partial charge on any atom is 0.146 e. The van der Waals surface area contributed by atoms with Gasteiger partial charge in [0, 0.05) is 22.8 Å². The summed E-state index contributed by atoms with van der Waals surface area (Å²) in [6, 6.07) is 7.05. The van der Waals surface area contributed by atoms with Crippen molar-refractivity contribution >= 4 is 23.2 Å². The molecule has 2 rings (SSSR count). The number of nitrogens with one attached hydrogen (secondary N) is 1. The number of rotatable bonds is 6. The number of benzene rings is 1. The van der Waals surface area contributed by atoms with E-state index in [4.69, 9.17) is 27.9 Å². The van der Waals surface area contributed by atoms with Gasteiger partial charge >= 0.3 is 0 Å². The maximum absolute atomic E-state index is 5.94. The van der Waals surface area contributed by atoms with E-state index in [1.165, 1.54) is 0 Å². The summed E-state index contributed by atoms with van der Waals surface area (Å²) in [6.45, 7) is 3.89. The topological polar surface area (TPSA) is 34.2 Å². The van der Waals surface area contributed by atoms with Crippen LogP contribution in [0.3, 0.4) is 0 Å². The highest BCUT2D eigenvalue weighted by molar-refractivity contribution is 6.34. The fourth-order valence-electron chi connectivity index (χ4n) is 1.75. The molecular weight excluding hydrogens is 295 g/mol. The second-order valence-corrected chi connectivity index (χ2v) is 5.29. The van der Waals surface area contributed by atoms with Crippen LogP contribution in [-0.2, 0) is 6.54 Å². The van der Waals surface area contributed by atoms with Crippen LogP contribution in [0.1, 0.15) is 18.9 Å². The number of hydrogen-bond acceptors (Lipinski definition) is 3. The van der Waals surface area contributed by atoms with Gasteiger partial charge in [0.15, 0.2) is 0 Å². The highest BCUT2D eigenvalue weighted by Gasteiger charge is 2.03. The number of hydrogen-bond donors (Lipinski definition) is 1. The van der Waals surface area contributed by atoms with E-state index in [-0.39, 0.29) is 0 Å². The summed E-state index contributed by atoms with van der Waals surface area (Å²) in [7, 11) is 0. The monoisotopic (exact) mass is 310 g/mol. The summed E-state index contributed by atoms with van der Waals surface area (Å²) in [6.07, 6.45) is 4.59. The molecule has 0 fully saturated rings. The van der Waals surface area contributed by atoms with Crippen LogP contribution < -0.4 is 10.1 Å². The molecule has 1 aromatic heterocycles. The molecule has 0 aliphatic heterocycles. The molecule has 0 atom stereocenters. The van der Waals surface area contributed by atoms with Crippen LogP contribution >= 0.6 is 23.2 Å². The fraction of sp³-hybridized carbons (Fsp3) is 0.267. The highest BCUT2D eigenvalue weighted by atomic mass is 35.5. The lowest BCUT2D eigenvalue weighted by Crippen LogP contribution is -2.13. The van der Waals surface area contributed by atoms with E-state index in [9.17, 15) is 0 Å². The van der Waals surface area contributed by atoms with Gasteiger partial charge in [-0.2, -0.15) is 0 Å². The third kappa shape index (κ3) is 4.67. The smallest absolute Gasteiger partial charge is 0.146 e. The lowest BCUT2D eigenvalue weighted by atomic mass is 10.2. The first-order valence-electron chi connectivity index (χ1n) is 6.46. The summed E-state index contributed by atoms with van der Waals surface area (Å²) >= 11 is 11.9. The SMILES string of the molecule is CCCNCc1cncc(Oc2cc(Cl)cc(Cl)c2)c1. The maximum atomic E-state index is 5.94. The summed E-state index contributed by atoms with van der Waals surface area (Å²) < 4.78 is 5.73. The molecule has 0 unspecified atom stereocenters. The van der Waals surface area contributed by atoms with Crippen LogP contribution in [0.2, 0.25) is 10.0 Å². The van der Waals surface area contributed by atoms with Gasteiger partial charge in [-0.3, -0.25) is 4.98 Å². The first-order chi connectivity index (χ1) is 9.67. The van der Waals surface area contributed by atoms with Gasteiger partial charge < -0.3 is 10.1 Å². The first kappa shape index (κ1) is 15.1. The van der Waals surface area contributed by atoms with Crippen LogP contribution in [0.5, 0.6) is 11.5 Å². The van der Waals surface area contributed by atoms with Crippen LogP contribution in [-0.4, -0.2) is 11.5 Å². The van der Waals surface area contributed by atoms with Gasteiger partial charge in [0.1, 0.15) is 11.5 Å². The molecule has 0 saturated carbocycles. The van der Waals surface area contributed by atoms with Crippen molar-refractivity contribution in [2.45, 2.75) is 19.9 Å². The summed E-state index contributed by atoms with van der Waals surface area (Å²) in [4.78, 5) is 4.17. The van der Waals surface area contributed by atoms with E-state index < -0.39 is 0 Å². The zero-order valence-electron chi connectivity index (χ0n) is 11.2. The second-order valence-electron chi connectivity index (χ2n) is 4.41. The van der Waals surface area contributed by atoms with Gasteiger partial charge in [-0.15, -0.1) is 0 Å². The molecule has 1 N–H and O–H groups in total. The Morgan fingerprint density at radius 1 is 1.05 bits per heavy atom. The van der Waals surface area contributed by atoms with Crippen LogP contribution in [0.25, 0.3) is 0 Å². The average molecular weight is 311 g/mol. The largest absolute Gasteiger partial charge is 0.456 e. The second kappa shape index (κ2) is 7.48. The zero-order chi connectivity index (χ0) is 14.4. The molecule has 0 saturated heterocycles. The molecule has 3 nitrogen and oxygen atoms in total. The molecule has 2 aromatic rings. The van der Waals surface area contributed by atoms with Crippen molar-refractivity contribution in [3.63, 3.8) is 0 Å². The minimum absolute atomic E-state index is 0.543. The summed E-state index contributed by atoms with van der Waals surface area (Å²) in [5, 5.41) is 4.41. The summed E-state index contributed by atoms with van der Waals surface area (Å²) in [5.74, 6) is 1.27. The third-order valence-electron chi connectivity index (χ3n) is 2.60. The van der Waals surface area contributed by atoms with E-state index in [1.54, 1.807) is 24.4 Å². The predicted octanol–water partition coefficient (Wildman–Crippen LogP) is 4.68. The number of halogens is 2. The summed E-state index contributed by atoms with van der Waals surface area (Å²) in [5.41, 5.74) is 1.07. The predicted molar refractivity (Wildman–Crippen MR) is 82.8 cm³/mol. The van der Waals surface area contributed by atoms with Gasteiger partial charge in [-0.05, 0) is 42.8 Å². The van der Waals surface area contributed by atoms with E-state index >= 15 is 0 Å². The Morgan fingerprint density at radius 2 is 1.80 bits per heavy atom. The Balaban J connectivity index is 2.07. The van der Waals surface area contributed by atoms with Crippen molar-refractivity contribution in [2.75, 3.05) is 6.54 Å². The Morgan fingerprint density at radius 3 is 2.50 bits per heavy atom. The first-order valence-corrected chi connectivity index (χ1v) is 7.21. The quantitative estimate of drug-likeness (QED) is 0.787. The molecule has 0 aliphatic rings. The van der Waals surface area contributed by atoms with Gasteiger partial charge in [0.05, 0.1) is 6.20 Å². The van der Waals surface area contributed by atoms with Crippen molar-refractivity contribution in [1.29, 1.82) is 0 Å². The van der Waals surface area contributed by atoms with Crippen molar-refractivity contribution in [3.05, 3.63) is 52.3 Å². The van der Waals surface area contributed by atoms with Crippen LogP contribution in [0, 0.1) is 0 Å². The Kier molecular flexibility index (Phi) is 5.65. The number of pyridine rings is 1. The molecule has 20 heavy (non-hydrogen) atoms. The van der Waals surface area contributed by atoms with Gasteiger partial charge in [-0.1, -0.05) is 30.1 Å². The molecule has 0 bridgehead atoms. The molecule has 0 amide bonds. The molecule has 1 heterocycles.